The number of nitrogens with zero attached hydrogens (tertiary/aromatic N) is 1. The van der Waals surface area contributed by atoms with E-state index in [1.54, 1.807) is 0 Å². The fraction of sp³-hybridized carbons (Fsp3) is 0.400. The zero-order valence-electron chi connectivity index (χ0n) is 8.65. The molecule has 1 unspecified atom stereocenters. The minimum atomic E-state index is -0.978. The third-order valence-corrected chi connectivity index (χ3v) is 4.17. The fourth-order valence-corrected chi connectivity index (χ4v) is 3.36. The maximum Gasteiger partial charge on any atom is 0.326 e. The number of rotatable bonds is 2. The summed E-state index contributed by atoms with van der Waals surface area (Å²) >= 11 is 12.7. The number of carboxylic acids is 1. The van der Waals surface area contributed by atoms with Crippen molar-refractivity contribution in [2.75, 3.05) is 6.54 Å². The molecule has 1 aliphatic heterocycles. The molecule has 4 nitrogen and oxygen atoms in total. The Labute approximate surface area is 112 Å². The monoisotopic (exact) mass is 293 g/mol. The van der Waals surface area contributed by atoms with Gasteiger partial charge in [-0.05, 0) is 18.9 Å². The summed E-state index contributed by atoms with van der Waals surface area (Å²) in [6.07, 6.45) is 1.18. The van der Waals surface area contributed by atoms with Crippen LogP contribution in [-0.4, -0.2) is 34.5 Å². The van der Waals surface area contributed by atoms with Crippen molar-refractivity contribution in [1.29, 1.82) is 0 Å². The van der Waals surface area contributed by atoms with Gasteiger partial charge in [-0.25, -0.2) is 4.79 Å². The van der Waals surface area contributed by atoms with Gasteiger partial charge in [-0.3, -0.25) is 4.79 Å². The molecular formula is C10H9Cl2NO3S. The predicted octanol–water partition coefficient (Wildman–Crippen LogP) is 2.74. The highest BCUT2D eigenvalue weighted by Crippen LogP contribution is 2.33. The zero-order chi connectivity index (χ0) is 12.6. The summed E-state index contributed by atoms with van der Waals surface area (Å²) in [6, 6.07) is 0.728. The highest BCUT2D eigenvalue weighted by Gasteiger charge is 2.35. The van der Waals surface area contributed by atoms with Crippen molar-refractivity contribution in [3.8, 4) is 0 Å². The van der Waals surface area contributed by atoms with Crippen LogP contribution in [0.15, 0.2) is 6.07 Å². The SMILES string of the molecule is O=C(O)C1CCCN1C(=O)c1cc(Cl)sc1Cl. The Balaban J connectivity index is 2.25. The third-order valence-electron chi connectivity index (χ3n) is 2.69. The number of thiophene rings is 1. The molecule has 1 fully saturated rings. The van der Waals surface area contributed by atoms with E-state index < -0.39 is 12.0 Å². The Bertz CT molecular complexity index is 474. The molecule has 0 saturated carbocycles. The summed E-state index contributed by atoms with van der Waals surface area (Å²) in [5.74, 6) is -1.34. The van der Waals surface area contributed by atoms with Crippen LogP contribution >= 0.6 is 34.5 Å². The Morgan fingerprint density at radius 3 is 2.71 bits per heavy atom. The Hall–Kier alpha value is -0.780. The quantitative estimate of drug-likeness (QED) is 0.912. The summed E-state index contributed by atoms with van der Waals surface area (Å²) in [6.45, 7) is 0.444. The molecule has 1 aliphatic rings. The molecule has 1 atom stereocenters. The van der Waals surface area contributed by atoms with Gasteiger partial charge in [0.05, 0.1) is 9.90 Å². The van der Waals surface area contributed by atoms with Crippen LogP contribution in [0.2, 0.25) is 8.67 Å². The van der Waals surface area contributed by atoms with Gasteiger partial charge in [-0.2, -0.15) is 0 Å². The van der Waals surface area contributed by atoms with Gasteiger partial charge in [0.1, 0.15) is 10.4 Å². The standard InChI is InChI=1S/C10H9Cl2NO3S/c11-7-4-5(8(12)17-7)9(14)13-3-1-2-6(13)10(15)16/h4,6H,1-3H2,(H,15,16). The number of aliphatic carboxylic acids is 1. The summed E-state index contributed by atoms with van der Waals surface area (Å²) in [7, 11) is 0. The van der Waals surface area contributed by atoms with Crippen molar-refractivity contribution in [2.45, 2.75) is 18.9 Å². The number of carbonyl (C=O) groups is 2. The highest BCUT2D eigenvalue weighted by atomic mass is 35.5. The molecule has 1 amide bonds. The van der Waals surface area contributed by atoms with Crippen LogP contribution in [0.3, 0.4) is 0 Å². The Kier molecular flexibility index (Phi) is 3.61. The zero-order valence-corrected chi connectivity index (χ0v) is 11.0. The lowest BCUT2D eigenvalue weighted by molar-refractivity contribution is -0.141. The highest BCUT2D eigenvalue weighted by molar-refractivity contribution is 7.20. The molecular weight excluding hydrogens is 285 g/mol. The second kappa shape index (κ2) is 4.84. The molecule has 0 bridgehead atoms. The average molecular weight is 294 g/mol. The van der Waals surface area contributed by atoms with E-state index in [2.05, 4.69) is 0 Å². The molecule has 1 saturated heterocycles. The number of carbonyl (C=O) groups excluding carboxylic acids is 1. The Morgan fingerprint density at radius 2 is 2.18 bits per heavy atom. The van der Waals surface area contributed by atoms with Crippen LogP contribution in [0.5, 0.6) is 0 Å². The van der Waals surface area contributed by atoms with Crippen molar-refractivity contribution in [2.24, 2.45) is 0 Å². The van der Waals surface area contributed by atoms with Crippen molar-refractivity contribution < 1.29 is 14.7 Å². The van der Waals surface area contributed by atoms with E-state index in [4.69, 9.17) is 28.3 Å². The molecule has 17 heavy (non-hydrogen) atoms. The van der Waals surface area contributed by atoms with E-state index in [9.17, 15) is 9.59 Å². The van der Waals surface area contributed by atoms with Gasteiger partial charge in [-0.15, -0.1) is 11.3 Å². The predicted molar refractivity (Wildman–Crippen MR) is 66.0 cm³/mol. The molecule has 1 aromatic rings. The topological polar surface area (TPSA) is 57.6 Å². The number of likely N-dealkylation sites (tertiary alicyclic amines) is 1. The fourth-order valence-electron chi connectivity index (χ4n) is 1.91. The normalized spacial score (nSPS) is 19.6. The lowest BCUT2D eigenvalue weighted by Gasteiger charge is -2.20. The van der Waals surface area contributed by atoms with E-state index in [-0.39, 0.29) is 11.5 Å². The van der Waals surface area contributed by atoms with E-state index in [0.29, 0.717) is 28.1 Å². The van der Waals surface area contributed by atoms with Gasteiger partial charge in [0.15, 0.2) is 0 Å². The first-order valence-electron chi connectivity index (χ1n) is 4.99. The van der Waals surface area contributed by atoms with Crippen LogP contribution < -0.4 is 0 Å². The number of carboxylic acid groups (broad SMARTS) is 1. The number of halogens is 2. The summed E-state index contributed by atoms with van der Waals surface area (Å²) in [4.78, 5) is 24.4. The minimum Gasteiger partial charge on any atom is -0.480 e. The lowest BCUT2D eigenvalue weighted by Crippen LogP contribution is -2.40. The van der Waals surface area contributed by atoms with Crippen LogP contribution in [0, 0.1) is 0 Å². The smallest absolute Gasteiger partial charge is 0.326 e. The molecule has 1 aromatic heterocycles. The molecule has 0 spiro atoms. The van der Waals surface area contributed by atoms with E-state index in [0.717, 1.165) is 11.3 Å². The average Bonchev–Trinajstić information content (AvgIpc) is 2.83. The van der Waals surface area contributed by atoms with Crippen molar-refractivity contribution in [3.63, 3.8) is 0 Å². The van der Waals surface area contributed by atoms with Gasteiger partial charge >= 0.3 is 5.97 Å². The van der Waals surface area contributed by atoms with Gasteiger partial charge in [0.2, 0.25) is 0 Å². The van der Waals surface area contributed by atoms with E-state index in [1.165, 1.54) is 11.0 Å². The molecule has 7 heteroatoms. The van der Waals surface area contributed by atoms with Gasteiger partial charge in [0, 0.05) is 6.54 Å². The van der Waals surface area contributed by atoms with E-state index in [1.807, 2.05) is 0 Å². The first-order chi connectivity index (χ1) is 8.00. The third kappa shape index (κ3) is 2.41. The summed E-state index contributed by atoms with van der Waals surface area (Å²) in [5.41, 5.74) is 0.287. The van der Waals surface area contributed by atoms with Crippen LogP contribution in [0.4, 0.5) is 0 Å². The van der Waals surface area contributed by atoms with Gasteiger partial charge in [0.25, 0.3) is 5.91 Å². The number of hydrogen-bond acceptors (Lipinski definition) is 3. The van der Waals surface area contributed by atoms with E-state index >= 15 is 0 Å². The molecule has 2 rings (SSSR count). The van der Waals surface area contributed by atoms with Gasteiger partial charge < -0.3 is 10.0 Å². The minimum absolute atomic E-state index is 0.287. The molecule has 1 N–H and O–H groups in total. The largest absolute Gasteiger partial charge is 0.480 e. The second-order valence-corrected chi connectivity index (χ2v) is 6.02. The van der Waals surface area contributed by atoms with Crippen molar-refractivity contribution in [3.05, 3.63) is 20.3 Å². The maximum atomic E-state index is 12.1. The second-order valence-electron chi connectivity index (χ2n) is 3.73. The number of hydrogen-bond donors (Lipinski definition) is 1. The van der Waals surface area contributed by atoms with Gasteiger partial charge in [-0.1, -0.05) is 23.2 Å². The summed E-state index contributed by atoms with van der Waals surface area (Å²) in [5, 5.41) is 9.00. The molecule has 0 radical (unpaired) electrons. The first kappa shape index (κ1) is 12.7. The molecule has 92 valence electrons. The summed E-state index contributed by atoms with van der Waals surface area (Å²) < 4.78 is 0.723. The number of amides is 1. The molecule has 2 heterocycles. The molecule has 0 aromatic carbocycles. The van der Waals surface area contributed by atoms with Crippen molar-refractivity contribution >= 4 is 46.4 Å². The Morgan fingerprint density at radius 1 is 1.47 bits per heavy atom. The lowest BCUT2D eigenvalue weighted by atomic mass is 10.2. The molecule has 0 aliphatic carbocycles. The van der Waals surface area contributed by atoms with Crippen molar-refractivity contribution in [1.82, 2.24) is 4.90 Å². The maximum absolute atomic E-state index is 12.1. The van der Waals surface area contributed by atoms with Crippen LogP contribution in [0.1, 0.15) is 23.2 Å². The van der Waals surface area contributed by atoms with Crippen LogP contribution in [0.25, 0.3) is 0 Å². The van der Waals surface area contributed by atoms with Crippen LogP contribution in [-0.2, 0) is 4.79 Å². The first-order valence-corrected chi connectivity index (χ1v) is 6.56.